The number of carbonyl (C=O) groups is 1. The number of aryl methyl sites for hydroxylation is 1. The lowest BCUT2D eigenvalue weighted by molar-refractivity contribution is -0.130. The van der Waals surface area contributed by atoms with Gasteiger partial charge >= 0.3 is 0 Å². The highest BCUT2D eigenvalue weighted by atomic mass is 16.2. The first-order valence-corrected chi connectivity index (χ1v) is 7.47. The van der Waals surface area contributed by atoms with Gasteiger partial charge in [-0.25, -0.2) is 9.97 Å². The maximum Gasteiger partial charge on any atom is 0.236 e. The summed E-state index contributed by atoms with van der Waals surface area (Å²) >= 11 is 0. The minimum atomic E-state index is 0.0915. The van der Waals surface area contributed by atoms with Gasteiger partial charge in [-0.05, 0) is 19.9 Å². The highest BCUT2D eigenvalue weighted by Gasteiger charge is 2.13. The van der Waals surface area contributed by atoms with Crippen molar-refractivity contribution in [1.29, 1.82) is 0 Å². The van der Waals surface area contributed by atoms with Crippen molar-refractivity contribution in [2.24, 2.45) is 0 Å². The molecule has 1 rings (SSSR count). The topological polar surface area (TPSA) is 61.4 Å². The SMILES string of the molecule is CCCNc1cc(C)nc(CN(CC)CC(=O)N(C)C)n1. The zero-order valence-corrected chi connectivity index (χ0v) is 13.8. The van der Waals surface area contributed by atoms with E-state index in [0.29, 0.717) is 13.1 Å². The molecule has 6 nitrogen and oxygen atoms in total. The van der Waals surface area contributed by atoms with Crippen molar-refractivity contribution in [3.05, 3.63) is 17.6 Å². The molecule has 0 bridgehead atoms. The highest BCUT2D eigenvalue weighted by molar-refractivity contribution is 5.77. The fraction of sp³-hybridized carbons (Fsp3) is 0.667. The van der Waals surface area contributed by atoms with Gasteiger partial charge in [0.2, 0.25) is 5.91 Å². The molecule has 0 saturated carbocycles. The molecule has 0 aliphatic carbocycles. The summed E-state index contributed by atoms with van der Waals surface area (Å²) in [7, 11) is 3.54. The zero-order chi connectivity index (χ0) is 15.8. The Morgan fingerprint density at radius 1 is 1.29 bits per heavy atom. The van der Waals surface area contributed by atoms with Gasteiger partial charge in [-0.15, -0.1) is 0 Å². The predicted molar refractivity (Wildman–Crippen MR) is 85.2 cm³/mol. The maximum atomic E-state index is 11.8. The van der Waals surface area contributed by atoms with Crippen molar-refractivity contribution in [2.75, 3.05) is 39.0 Å². The number of nitrogens with zero attached hydrogens (tertiary/aromatic N) is 4. The van der Waals surface area contributed by atoms with Crippen LogP contribution in [0, 0.1) is 6.92 Å². The lowest BCUT2D eigenvalue weighted by Crippen LogP contribution is -2.36. The van der Waals surface area contributed by atoms with Crippen LogP contribution in [0.4, 0.5) is 5.82 Å². The summed E-state index contributed by atoms with van der Waals surface area (Å²) in [6, 6.07) is 1.94. The Balaban J connectivity index is 2.74. The number of nitrogens with one attached hydrogen (secondary N) is 1. The molecule has 6 heteroatoms. The summed E-state index contributed by atoms with van der Waals surface area (Å²) in [5, 5.41) is 3.28. The van der Waals surface area contributed by atoms with Gasteiger partial charge in [0.25, 0.3) is 0 Å². The fourth-order valence-corrected chi connectivity index (χ4v) is 1.86. The third-order valence-electron chi connectivity index (χ3n) is 3.13. The third-order valence-corrected chi connectivity index (χ3v) is 3.13. The van der Waals surface area contributed by atoms with Crippen LogP contribution in [-0.4, -0.2) is 59.4 Å². The first-order chi connectivity index (χ1) is 9.96. The summed E-state index contributed by atoms with van der Waals surface area (Å²) < 4.78 is 0. The Kier molecular flexibility index (Phi) is 7.08. The minimum absolute atomic E-state index is 0.0915. The molecule has 1 aromatic heterocycles. The fourth-order valence-electron chi connectivity index (χ4n) is 1.86. The van der Waals surface area contributed by atoms with Crippen LogP contribution in [0.1, 0.15) is 31.8 Å². The second-order valence-corrected chi connectivity index (χ2v) is 5.33. The van der Waals surface area contributed by atoms with Crippen LogP contribution in [-0.2, 0) is 11.3 Å². The highest BCUT2D eigenvalue weighted by Crippen LogP contribution is 2.08. The van der Waals surface area contributed by atoms with Crippen molar-refractivity contribution in [1.82, 2.24) is 19.8 Å². The van der Waals surface area contributed by atoms with Crippen molar-refractivity contribution >= 4 is 11.7 Å². The van der Waals surface area contributed by atoms with Gasteiger partial charge in [-0.2, -0.15) is 0 Å². The van der Waals surface area contributed by atoms with E-state index in [1.54, 1.807) is 19.0 Å². The number of amides is 1. The third kappa shape index (κ3) is 6.08. The summed E-state index contributed by atoms with van der Waals surface area (Å²) in [4.78, 5) is 24.4. The lowest BCUT2D eigenvalue weighted by atomic mass is 10.3. The molecule has 1 aromatic rings. The smallest absolute Gasteiger partial charge is 0.236 e. The molecule has 0 spiro atoms. The molecule has 0 saturated heterocycles. The molecule has 0 aromatic carbocycles. The largest absolute Gasteiger partial charge is 0.370 e. The molecule has 0 atom stereocenters. The number of carbonyl (C=O) groups excluding carboxylic acids is 1. The Bertz CT molecular complexity index is 461. The number of rotatable bonds is 8. The summed E-state index contributed by atoms with van der Waals surface area (Å²) in [6.45, 7) is 8.77. The predicted octanol–water partition coefficient (Wildman–Crippen LogP) is 1.52. The van der Waals surface area contributed by atoms with Crippen molar-refractivity contribution in [2.45, 2.75) is 33.7 Å². The average molecular weight is 293 g/mol. The number of likely N-dealkylation sites (N-methyl/N-ethyl adjacent to an activating group) is 2. The van der Waals surface area contributed by atoms with Gasteiger partial charge in [-0.1, -0.05) is 13.8 Å². The van der Waals surface area contributed by atoms with E-state index < -0.39 is 0 Å². The van der Waals surface area contributed by atoms with Gasteiger partial charge in [-0.3, -0.25) is 9.69 Å². The van der Waals surface area contributed by atoms with E-state index >= 15 is 0 Å². The Hall–Kier alpha value is -1.69. The molecular weight excluding hydrogens is 266 g/mol. The Labute approximate surface area is 127 Å². The van der Waals surface area contributed by atoms with Crippen LogP contribution in [0.15, 0.2) is 6.07 Å². The van der Waals surface area contributed by atoms with Gasteiger partial charge in [0.05, 0.1) is 13.1 Å². The maximum absolute atomic E-state index is 11.8. The van der Waals surface area contributed by atoms with Crippen LogP contribution in [0.3, 0.4) is 0 Å². The van der Waals surface area contributed by atoms with E-state index in [1.165, 1.54) is 0 Å². The van der Waals surface area contributed by atoms with E-state index in [1.807, 2.05) is 24.8 Å². The lowest BCUT2D eigenvalue weighted by Gasteiger charge is -2.21. The molecule has 0 aliphatic heterocycles. The van der Waals surface area contributed by atoms with Crippen molar-refractivity contribution < 1.29 is 4.79 Å². The summed E-state index contributed by atoms with van der Waals surface area (Å²) in [6.07, 6.45) is 1.05. The van der Waals surface area contributed by atoms with Crippen molar-refractivity contribution in [3.63, 3.8) is 0 Å². The first-order valence-electron chi connectivity index (χ1n) is 7.47. The second-order valence-electron chi connectivity index (χ2n) is 5.33. The van der Waals surface area contributed by atoms with E-state index in [4.69, 9.17) is 0 Å². The molecular formula is C15H27N5O. The van der Waals surface area contributed by atoms with E-state index in [9.17, 15) is 4.79 Å². The van der Waals surface area contributed by atoms with E-state index in [0.717, 1.165) is 36.8 Å². The number of aromatic nitrogens is 2. The number of hydrogen-bond acceptors (Lipinski definition) is 5. The van der Waals surface area contributed by atoms with Crippen LogP contribution in [0.5, 0.6) is 0 Å². The van der Waals surface area contributed by atoms with Crippen LogP contribution < -0.4 is 5.32 Å². The molecule has 1 amide bonds. The molecule has 0 fully saturated rings. The Morgan fingerprint density at radius 3 is 2.57 bits per heavy atom. The normalized spacial score (nSPS) is 10.8. The monoisotopic (exact) mass is 293 g/mol. The zero-order valence-electron chi connectivity index (χ0n) is 13.8. The van der Waals surface area contributed by atoms with E-state index in [2.05, 4.69) is 22.2 Å². The molecule has 1 N–H and O–H groups in total. The first kappa shape index (κ1) is 17.4. The van der Waals surface area contributed by atoms with Gasteiger partial charge in [0, 0.05) is 32.4 Å². The average Bonchev–Trinajstić information content (AvgIpc) is 2.43. The Morgan fingerprint density at radius 2 is 2.00 bits per heavy atom. The molecule has 0 aliphatic rings. The van der Waals surface area contributed by atoms with E-state index in [-0.39, 0.29) is 5.91 Å². The summed E-state index contributed by atoms with van der Waals surface area (Å²) in [5.41, 5.74) is 0.939. The van der Waals surface area contributed by atoms with Crippen LogP contribution in [0.25, 0.3) is 0 Å². The van der Waals surface area contributed by atoms with Gasteiger partial charge in [0.1, 0.15) is 11.6 Å². The van der Waals surface area contributed by atoms with Crippen LogP contribution in [0.2, 0.25) is 0 Å². The summed E-state index contributed by atoms with van der Waals surface area (Å²) in [5.74, 6) is 1.70. The van der Waals surface area contributed by atoms with Crippen molar-refractivity contribution in [3.8, 4) is 0 Å². The molecule has 118 valence electrons. The standard InChI is InChI=1S/C15H27N5O/c1-6-8-16-13-9-12(3)17-14(18-13)10-20(7-2)11-15(21)19(4)5/h9H,6-8,10-11H2,1-5H3,(H,16,17,18). The quantitative estimate of drug-likeness (QED) is 0.787. The number of hydrogen-bond donors (Lipinski definition) is 1. The molecule has 21 heavy (non-hydrogen) atoms. The van der Waals surface area contributed by atoms with Gasteiger partial charge in [0.15, 0.2) is 0 Å². The van der Waals surface area contributed by atoms with Crippen LogP contribution >= 0.6 is 0 Å². The molecule has 1 heterocycles. The second kappa shape index (κ2) is 8.56. The number of anilines is 1. The molecule has 0 radical (unpaired) electrons. The van der Waals surface area contributed by atoms with Gasteiger partial charge < -0.3 is 10.2 Å². The minimum Gasteiger partial charge on any atom is -0.370 e. The molecule has 0 unspecified atom stereocenters.